The lowest BCUT2D eigenvalue weighted by molar-refractivity contribution is -0.145. The van der Waals surface area contributed by atoms with E-state index in [1.807, 2.05) is 38.1 Å². The minimum Gasteiger partial charge on any atom is -0.497 e. The predicted molar refractivity (Wildman–Crippen MR) is 90.9 cm³/mol. The van der Waals surface area contributed by atoms with Gasteiger partial charge in [0.1, 0.15) is 11.9 Å². The summed E-state index contributed by atoms with van der Waals surface area (Å²) in [6, 6.07) is 7.46. The van der Waals surface area contributed by atoms with Crippen LogP contribution in [0.15, 0.2) is 24.3 Å². The van der Waals surface area contributed by atoms with Crippen molar-refractivity contribution in [3.63, 3.8) is 0 Å². The molecule has 0 radical (unpaired) electrons. The Morgan fingerprint density at radius 1 is 1.25 bits per heavy atom. The van der Waals surface area contributed by atoms with Crippen LogP contribution in [-0.4, -0.2) is 48.2 Å². The smallest absolute Gasteiger partial charge is 0.305 e. The van der Waals surface area contributed by atoms with E-state index in [1.54, 1.807) is 18.9 Å². The van der Waals surface area contributed by atoms with Gasteiger partial charge >= 0.3 is 5.97 Å². The third-order valence-electron chi connectivity index (χ3n) is 3.47. The van der Waals surface area contributed by atoms with Crippen LogP contribution in [0.5, 0.6) is 5.75 Å². The summed E-state index contributed by atoms with van der Waals surface area (Å²) in [6.45, 7) is 6.67. The van der Waals surface area contributed by atoms with Crippen molar-refractivity contribution in [2.45, 2.75) is 39.9 Å². The molecule has 0 spiro atoms. The first-order chi connectivity index (χ1) is 11.3. The van der Waals surface area contributed by atoms with Crippen LogP contribution in [0.2, 0.25) is 0 Å². The van der Waals surface area contributed by atoms with Crippen molar-refractivity contribution in [2.24, 2.45) is 5.92 Å². The van der Waals surface area contributed by atoms with E-state index in [2.05, 4.69) is 0 Å². The van der Waals surface area contributed by atoms with Gasteiger partial charge in [0.05, 0.1) is 20.1 Å². The quantitative estimate of drug-likeness (QED) is 0.710. The highest BCUT2D eigenvalue weighted by atomic mass is 16.5. The van der Waals surface area contributed by atoms with Gasteiger partial charge in [-0.05, 0) is 30.5 Å². The number of nitrogens with zero attached hydrogens (tertiary/aromatic N) is 1. The summed E-state index contributed by atoms with van der Waals surface area (Å²) in [5, 5.41) is 8.84. The third kappa shape index (κ3) is 7.00. The number of carboxylic acid groups (broad SMARTS) is 1. The van der Waals surface area contributed by atoms with Crippen LogP contribution in [0.25, 0.3) is 0 Å². The highest BCUT2D eigenvalue weighted by Crippen LogP contribution is 2.14. The number of hydrogen-bond donors (Lipinski definition) is 1. The van der Waals surface area contributed by atoms with E-state index in [9.17, 15) is 9.59 Å². The molecule has 0 aliphatic heterocycles. The first-order valence-electron chi connectivity index (χ1n) is 8.08. The van der Waals surface area contributed by atoms with E-state index >= 15 is 0 Å². The monoisotopic (exact) mass is 337 g/mol. The van der Waals surface area contributed by atoms with Crippen LogP contribution in [0.3, 0.4) is 0 Å². The molecule has 1 aromatic carbocycles. The van der Waals surface area contributed by atoms with Crippen molar-refractivity contribution in [1.82, 2.24) is 4.90 Å². The molecule has 0 heterocycles. The van der Waals surface area contributed by atoms with Gasteiger partial charge in [-0.3, -0.25) is 9.59 Å². The van der Waals surface area contributed by atoms with Gasteiger partial charge in [0.15, 0.2) is 0 Å². The molecule has 1 unspecified atom stereocenters. The Morgan fingerprint density at radius 2 is 1.96 bits per heavy atom. The molecule has 0 saturated carbocycles. The maximum atomic E-state index is 12.5. The number of carbonyl (C=O) groups excluding carboxylic acids is 1. The van der Waals surface area contributed by atoms with Crippen molar-refractivity contribution >= 4 is 11.9 Å². The molecule has 6 heteroatoms. The Morgan fingerprint density at radius 3 is 2.54 bits per heavy atom. The molecular weight excluding hydrogens is 310 g/mol. The van der Waals surface area contributed by atoms with Crippen LogP contribution >= 0.6 is 0 Å². The Bertz CT molecular complexity index is 544. The fraction of sp³-hybridized carbons (Fsp3) is 0.556. The van der Waals surface area contributed by atoms with Gasteiger partial charge in [-0.15, -0.1) is 0 Å². The number of amides is 1. The second-order valence-electron chi connectivity index (χ2n) is 6.13. The Kier molecular flexibility index (Phi) is 8.26. The van der Waals surface area contributed by atoms with Crippen molar-refractivity contribution < 1.29 is 24.2 Å². The van der Waals surface area contributed by atoms with Gasteiger partial charge in [0.25, 0.3) is 5.91 Å². The van der Waals surface area contributed by atoms with Crippen molar-refractivity contribution in [3.05, 3.63) is 29.8 Å². The average Bonchev–Trinajstić information content (AvgIpc) is 2.55. The van der Waals surface area contributed by atoms with Crippen LogP contribution in [-0.2, 0) is 20.9 Å². The van der Waals surface area contributed by atoms with E-state index in [0.29, 0.717) is 13.2 Å². The molecule has 1 rings (SSSR count). The minimum absolute atomic E-state index is 0.0684. The molecule has 134 valence electrons. The predicted octanol–water partition coefficient (Wildman–Crippen LogP) is 2.56. The summed E-state index contributed by atoms with van der Waals surface area (Å²) in [4.78, 5) is 24.9. The Labute approximate surface area is 143 Å². The van der Waals surface area contributed by atoms with E-state index in [0.717, 1.165) is 11.3 Å². The molecule has 0 aromatic heterocycles. The normalized spacial score (nSPS) is 12.0. The lowest BCUT2D eigenvalue weighted by Gasteiger charge is -2.27. The second kappa shape index (κ2) is 9.93. The Balaban J connectivity index is 2.62. The zero-order valence-corrected chi connectivity index (χ0v) is 14.8. The summed E-state index contributed by atoms with van der Waals surface area (Å²) in [7, 11) is 1.60. The Hall–Kier alpha value is -2.08. The fourth-order valence-corrected chi connectivity index (χ4v) is 2.27. The summed E-state index contributed by atoms with van der Waals surface area (Å²) < 4.78 is 10.8. The molecule has 1 N–H and O–H groups in total. The average molecular weight is 337 g/mol. The van der Waals surface area contributed by atoms with Crippen LogP contribution in [0, 0.1) is 5.92 Å². The van der Waals surface area contributed by atoms with Gasteiger partial charge in [0.2, 0.25) is 0 Å². The zero-order valence-electron chi connectivity index (χ0n) is 14.8. The third-order valence-corrected chi connectivity index (χ3v) is 3.47. The highest BCUT2D eigenvalue weighted by Gasteiger charge is 2.22. The largest absolute Gasteiger partial charge is 0.497 e. The van der Waals surface area contributed by atoms with Crippen LogP contribution in [0.4, 0.5) is 0 Å². The number of rotatable bonds is 10. The molecule has 0 fully saturated rings. The molecule has 0 aliphatic carbocycles. The maximum Gasteiger partial charge on any atom is 0.305 e. The van der Waals surface area contributed by atoms with Gasteiger partial charge in [-0.25, -0.2) is 0 Å². The van der Waals surface area contributed by atoms with Gasteiger partial charge in [-0.1, -0.05) is 26.0 Å². The van der Waals surface area contributed by atoms with E-state index in [-0.39, 0.29) is 24.8 Å². The lowest BCUT2D eigenvalue weighted by Crippen LogP contribution is -2.42. The van der Waals surface area contributed by atoms with E-state index in [1.165, 1.54) is 0 Å². The first-order valence-corrected chi connectivity index (χ1v) is 8.08. The van der Waals surface area contributed by atoms with Crippen molar-refractivity contribution in [3.8, 4) is 5.75 Å². The summed E-state index contributed by atoms with van der Waals surface area (Å²) >= 11 is 0. The fourth-order valence-electron chi connectivity index (χ4n) is 2.27. The molecular formula is C18H27NO5. The summed E-state index contributed by atoms with van der Waals surface area (Å²) in [5.41, 5.74) is 0.912. The highest BCUT2D eigenvalue weighted by molar-refractivity contribution is 5.81. The summed E-state index contributed by atoms with van der Waals surface area (Å²) in [5.74, 6) is -0.111. The number of methoxy groups -OCH3 is 1. The number of aliphatic carboxylic acids is 1. The maximum absolute atomic E-state index is 12.5. The SMILES string of the molecule is COc1cccc(COC(C)C(=O)N(CCC(=O)O)CC(C)C)c1. The molecule has 0 bridgehead atoms. The molecule has 24 heavy (non-hydrogen) atoms. The molecule has 0 aliphatic rings. The van der Waals surface area contributed by atoms with Crippen molar-refractivity contribution in [2.75, 3.05) is 20.2 Å². The number of benzene rings is 1. The van der Waals surface area contributed by atoms with Gasteiger partial charge in [-0.2, -0.15) is 0 Å². The van der Waals surface area contributed by atoms with Gasteiger partial charge in [0, 0.05) is 13.1 Å². The number of hydrogen-bond acceptors (Lipinski definition) is 4. The summed E-state index contributed by atoms with van der Waals surface area (Å²) in [6.07, 6.45) is -0.704. The number of carboxylic acids is 1. The van der Waals surface area contributed by atoms with E-state index in [4.69, 9.17) is 14.6 Å². The molecule has 6 nitrogen and oxygen atoms in total. The molecule has 1 aromatic rings. The van der Waals surface area contributed by atoms with E-state index < -0.39 is 12.1 Å². The standard InChI is InChI=1S/C18H27NO5/c1-13(2)11-19(9-8-17(20)21)18(22)14(3)24-12-15-6-5-7-16(10-15)23-4/h5-7,10,13-14H,8-9,11-12H2,1-4H3,(H,20,21). The van der Waals surface area contributed by atoms with Crippen LogP contribution < -0.4 is 4.74 Å². The van der Waals surface area contributed by atoms with Crippen molar-refractivity contribution in [1.29, 1.82) is 0 Å². The zero-order chi connectivity index (χ0) is 18.1. The van der Waals surface area contributed by atoms with Crippen LogP contribution in [0.1, 0.15) is 32.8 Å². The number of carbonyl (C=O) groups is 2. The number of ether oxygens (including phenoxy) is 2. The van der Waals surface area contributed by atoms with Gasteiger partial charge < -0.3 is 19.5 Å². The topological polar surface area (TPSA) is 76.1 Å². The second-order valence-corrected chi connectivity index (χ2v) is 6.13. The molecule has 1 amide bonds. The molecule has 1 atom stereocenters. The molecule has 0 saturated heterocycles. The lowest BCUT2D eigenvalue weighted by atomic mass is 10.2. The minimum atomic E-state index is -0.915. The first kappa shape index (κ1) is 20.0.